The molecule has 0 aliphatic heterocycles. The maximum atomic E-state index is 12.9. The molecular weight excluding hydrogens is 841 g/mol. The molecule has 0 aromatic heterocycles. The van der Waals surface area contributed by atoms with Crippen molar-refractivity contribution in [2.45, 2.75) is 329 Å². The van der Waals surface area contributed by atoms with Gasteiger partial charge in [0.25, 0.3) is 0 Å². The van der Waals surface area contributed by atoms with E-state index in [4.69, 9.17) is 14.2 Å². The number of hydrogen-bond acceptors (Lipinski definition) is 6. The zero-order valence-corrected chi connectivity index (χ0v) is 45.6. The van der Waals surface area contributed by atoms with E-state index in [0.29, 0.717) is 19.3 Å². The highest BCUT2D eigenvalue weighted by molar-refractivity contribution is 5.71. The fourth-order valence-electron chi connectivity index (χ4n) is 8.93. The molecular formula is C62H114O6. The average Bonchev–Trinajstić information content (AvgIpc) is 3.34. The van der Waals surface area contributed by atoms with E-state index < -0.39 is 6.10 Å². The predicted molar refractivity (Wildman–Crippen MR) is 293 cm³/mol. The standard InChI is InChI=1S/C62H114O6/c1-4-7-10-13-16-19-22-25-28-30-32-34-37-40-43-46-49-52-55-61(64)67-58-59(57-66-60(63)54-51-48-45-42-39-36-27-24-21-18-15-12-9-6-3)68-62(65)56-53-50-47-44-41-38-35-33-31-29-26-23-20-17-14-11-8-5-2/h9,12,18,21,27,36,59H,4-8,10-11,13-17,19-20,22-26,28-35,37-58H2,1-3H3/b12-9-,21-18-,36-27-. The Balaban J connectivity index is 4.33. The molecule has 1 unspecified atom stereocenters. The first-order valence-corrected chi connectivity index (χ1v) is 30.0. The molecule has 0 saturated heterocycles. The number of hydrogen-bond donors (Lipinski definition) is 0. The highest BCUT2D eigenvalue weighted by atomic mass is 16.6. The number of unbranched alkanes of at least 4 members (excludes halogenated alkanes) is 38. The van der Waals surface area contributed by atoms with Crippen molar-refractivity contribution < 1.29 is 28.6 Å². The summed E-state index contributed by atoms with van der Waals surface area (Å²) in [5.74, 6) is -0.875. The molecule has 68 heavy (non-hydrogen) atoms. The van der Waals surface area contributed by atoms with E-state index >= 15 is 0 Å². The van der Waals surface area contributed by atoms with Gasteiger partial charge < -0.3 is 14.2 Å². The Morgan fingerprint density at radius 2 is 0.574 bits per heavy atom. The number of ether oxygens (including phenoxy) is 3. The van der Waals surface area contributed by atoms with E-state index in [1.165, 1.54) is 193 Å². The Morgan fingerprint density at radius 3 is 0.897 bits per heavy atom. The van der Waals surface area contributed by atoms with E-state index in [0.717, 1.165) is 89.9 Å². The molecule has 0 rings (SSSR count). The van der Waals surface area contributed by atoms with Crippen LogP contribution >= 0.6 is 0 Å². The lowest BCUT2D eigenvalue weighted by molar-refractivity contribution is -0.167. The minimum atomic E-state index is -0.777. The lowest BCUT2D eigenvalue weighted by atomic mass is 10.0. The second-order valence-electron chi connectivity index (χ2n) is 20.2. The van der Waals surface area contributed by atoms with Crippen molar-refractivity contribution in [1.82, 2.24) is 0 Å². The second kappa shape index (κ2) is 57.2. The highest BCUT2D eigenvalue weighted by Crippen LogP contribution is 2.17. The quantitative estimate of drug-likeness (QED) is 0.0262. The van der Waals surface area contributed by atoms with Crippen molar-refractivity contribution in [3.05, 3.63) is 36.5 Å². The van der Waals surface area contributed by atoms with Crippen LogP contribution in [0.2, 0.25) is 0 Å². The van der Waals surface area contributed by atoms with E-state index in [1.54, 1.807) is 0 Å². The Morgan fingerprint density at radius 1 is 0.309 bits per heavy atom. The van der Waals surface area contributed by atoms with Crippen molar-refractivity contribution in [3.63, 3.8) is 0 Å². The fraction of sp³-hybridized carbons (Fsp3) is 0.855. The first-order valence-electron chi connectivity index (χ1n) is 30.0. The topological polar surface area (TPSA) is 78.9 Å². The van der Waals surface area contributed by atoms with Crippen LogP contribution in [0.1, 0.15) is 323 Å². The number of allylic oxidation sites excluding steroid dienone is 6. The lowest BCUT2D eigenvalue weighted by Crippen LogP contribution is -2.30. The van der Waals surface area contributed by atoms with Gasteiger partial charge in [0.1, 0.15) is 13.2 Å². The van der Waals surface area contributed by atoms with Gasteiger partial charge in [-0.3, -0.25) is 14.4 Å². The average molecular weight is 956 g/mol. The third kappa shape index (κ3) is 54.6. The molecule has 0 aliphatic rings. The molecule has 0 saturated carbocycles. The monoisotopic (exact) mass is 955 g/mol. The molecule has 6 nitrogen and oxygen atoms in total. The van der Waals surface area contributed by atoms with Gasteiger partial charge in [-0.1, -0.05) is 288 Å². The van der Waals surface area contributed by atoms with Crippen molar-refractivity contribution >= 4 is 17.9 Å². The van der Waals surface area contributed by atoms with E-state index in [1.807, 2.05) is 0 Å². The van der Waals surface area contributed by atoms with Gasteiger partial charge in [-0.05, 0) is 51.4 Å². The minimum absolute atomic E-state index is 0.0742. The molecule has 1 atom stereocenters. The van der Waals surface area contributed by atoms with Crippen LogP contribution in [0.4, 0.5) is 0 Å². The molecule has 0 amide bonds. The first kappa shape index (κ1) is 65.6. The number of esters is 3. The summed E-state index contributed by atoms with van der Waals surface area (Å²) in [5, 5.41) is 0. The summed E-state index contributed by atoms with van der Waals surface area (Å²) in [6, 6.07) is 0. The normalized spacial score (nSPS) is 12.2. The Labute approximate surface area is 423 Å². The number of rotatable bonds is 55. The first-order chi connectivity index (χ1) is 33.5. The maximum Gasteiger partial charge on any atom is 0.306 e. The largest absolute Gasteiger partial charge is 0.462 e. The lowest BCUT2D eigenvalue weighted by Gasteiger charge is -2.18. The summed E-state index contributed by atoms with van der Waals surface area (Å²) < 4.78 is 16.9. The Kier molecular flexibility index (Phi) is 55.2. The predicted octanol–water partition coefficient (Wildman–Crippen LogP) is 20.0. The summed E-state index contributed by atoms with van der Waals surface area (Å²) in [5.41, 5.74) is 0. The van der Waals surface area contributed by atoms with Crippen LogP contribution in [0.5, 0.6) is 0 Å². The van der Waals surface area contributed by atoms with Crippen molar-refractivity contribution in [2.75, 3.05) is 13.2 Å². The molecule has 0 N–H and O–H groups in total. The third-order valence-corrected chi connectivity index (χ3v) is 13.4. The van der Waals surface area contributed by atoms with Crippen molar-refractivity contribution in [1.29, 1.82) is 0 Å². The van der Waals surface area contributed by atoms with Crippen molar-refractivity contribution in [2.24, 2.45) is 0 Å². The van der Waals surface area contributed by atoms with E-state index in [9.17, 15) is 14.4 Å². The van der Waals surface area contributed by atoms with Gasteiger partial charge >= 0.3 is 17.9 Å². The van der Waals surface area contributed by atoms with E-state index in [-0.39, 0.29) is 31.1 Å². The van der Waals surface area contributed by atoms with Crippen LogP contribution in [0.3, 0.4) is 0 Å². The highest BCUT2D eigenvalue weighted by Gasteiger charge is 2.19. The maximum absolute atomic E-state index is 12.9. The van der Waals surface area contributed by atoms with Crippen LogP contribution in [0, 0.1) is 0 Å². The Hall–Kier alpha value is -2.37. The summed E-state index contributed by atoms with van der Waals surface area (Å²) in [4.78, 5) is 38.2. The number of carbonyl (C=O) groups excluding carboxylic acids is 3. The summed E-state index contributed by atoms with van der Waals surface area (Å²) in [6.45, 7) is 6.57. The summed E-state index contributed by atoms with van der Waals surface area (Å²) in [7, 11) is 0. The Bertz CT molecular complexity index is 1140. The zero-order valence-electron chi connectivity index (χ0n) is 45.6. The zero-order chi connectivity index (χ0) is 49.3. The van der Waals surface area contributed by atoms with Gasteiger partial charge in [-0.15, -0.1) is 0 Å². The van der Waals surface area contributed by atoms with Gasteiger partial charge in [0.15, 0.2) is 6.10 Å². The van der Waals surface area contributed by atoms with Crippen LogP contribution < -0.4 is 0 Å². The number of carbonyl (C=O) groups is 3. The molecule has 0 radical (unpaired) electrons. The molecule has 0 aromatic rings. The van der Waals surface area contributed by atoms with E-state index in [2.05, 4.69) is 57.2 Å². The SMILES string of the molecule is CC/C=C\C/C=C\C/C=C\CCCCCCC(=O)OCC(COC(=O)CCCCCCCCCCCCCCCCCCCC)OC(=O)CCCCCCCCCCCCCCCCCCCC. The van der Waals surface area contributed by atoms with Crippen LogP contribution in [-0.4, -0.2) is 37.2 Å². The summed E-state index contributed by atoms with van der Waals surface area (Å²) in [6.07, 6.45) is 68.6. The summed E-state index contributed by atoms with van der Waals surface area (Å²) >= 11 is 0. The molecule has 0 spiro atoms. The van der Waals surface area contributed by atoms with Crippen LogP contribution in [0.15, 0.2) is 36.5 Å². The van der Waals surface area contributed by atoms with Gasteiger partial charge in [-0.2, -0.15) is 0 Å². The molecule has 0 fully saturated rings. The molecule has 0 heterocycles. The van der Waals surface area contributed by atoms with Gasteiger partial charge in [0, 0.05) is 19.3 Å². The minimum Gasteiger partial charge on any atom is -0.462 e. The molecule has 6 heteroatoms. The van der Waals surface area contributed by atoms with Gasteiger partial charge in [0.2, 0.25) is 0 Å². The third-order valence-electron chi connectivity index (χ3n) is 13.4. The fourth-order valence-corrected chi connectivity index (χ4v) is 8.93. The van der Waals surface area contributed by atoms with Crippen LogP contribution in [0.25, 0.3) is 0 Å². The molecule has 0 bridgehead atoms. The van der Waals surface area contributed by atoms with Gasteiger partial charge in [0.05, 0.1) is 0 Å². The smallest absolute Gasteiger partial charge is 0.306 e. The molecule has 0 aromatic carbocycles. The molecule has 0 aliphatic carbocycles. The molecule has 398 valence electrons. The van der Waals surface area contributed by atoms with Gasteiger partial charge in [-0.25, -0.2) is 0 Å². The van der Waals surface area contributed by atoms with Crippen LogP contribution in [-0.2, 0) is 28.6 Å². The van der Waals surface area contributed by atoms with Crippen molar-refractivity contribution in [3.8, 4) is 0 Å². The second-order valence-corrected chi connectivity index (χ2v) is 20.2.